The summed E-state index contributed by atoms with van der Waals surface area (Å²) in [5.74, 6) is 0.499. The molecule has 4 aromatic rings. The van der Waals surface area contributed by atoms with E-state index in [1.807, 2.05) is 32.0 Å². The maximum absolute atomic E-state index is 13.1. The van der Waals surface area contributed by atoms with Gasteiger partial charge in [0.25, 0.3) is 5.91 Å². The number of amides is 1. The van der Waals surface area contributed by atoms with Crippen LogP contribution in [0.2, 0.25) is 5.02 Å². The van der Waals surface area contributed by atoms with Crippen molar-refractivity contribution in [1.29, 1.82) is 0 Å². The number of methoxy groups -OCH3 is 1. The zero-order chi connectivity index (χ0) is 25.9. The highest BCUT2D eigenvalue weighted by Gasteiger charge is 2.20. The van der Waals surface area contributed by atoms with Crippen molar-refractivity contribution in [3.8, 4) is 11.5 Å². The van der Waals surface area contributed by atoms with Crippen molar-refractivity contribution < 1.29 is 22.7 Å². The number of hydrogen-bond acceptors (Lipinski definition) is 6. The van der Waals surface area contributed by atoms with Gasteiger partial charge in [0.1, 0.15) is 11.5 Å². The van der Waals surface area contributed by atoms with Crippen LogP contribution in [-0.4, -0.2) is 31.2 Å². The van der Waals surface area contributed by atoms with Crippen LogP contribution in [0.5, 0.6) is 11.5 Å². The number of ether oxygens (including phenoxy) is 2. The molecule has 0 saturated heterocycles. The van der Waals surface area contributed by atoms with Gasteiger partial charge in [-0.05, 0) is 73.5 Å². The fourth-order valence-corrected chi connectivity index (χ4v) is 4.86. The number of hydrogen-bond donors (Lipinski definition) is 1. The average Bonchev–Trinajstić information content (AvgIpc) is 3.34. The van der Waals surface area contributed by atoms with Gasteiger partial charge in [0.05, 0.1) is 16.9 Å². The molecule has 0 radical (unpaired) electrons. The summed E-state index contributed by atoms with van der Waals surface area (Å²) in [5, 5.41) is 7.37. The summed E-state index contributed by atoms with van der Waals surface area (Å²) in [6, 6.07) is 17.6. The van der Waals surface area contributed by atoms with Crippen molar-refractivity contribution in [2.45, 2.75) is 30.4 Å². The van der Waals surface area contributed by atoms with Gasteiger partial charge >= 0.3 is 0 Å². The van der Waals surface area contributed by atoms with E-state index in [-0.39, 0.29) is 33.7 Å². The second-order valence-corrected chi connectivity index (χ2v) is 10.5. The van der Waals surface area contributed by atoms with E-state index in [9.17, 15) is 13.2 Å². The summed E-state index contributed by atoms with van der Waals surface area (Å²) in [4.78, 5) is 12.9. The molecule has 8 nitrogen and oxygen atoms in total. The molecule has 0 fully saturated rings. The molecule has 0 aliphatic heterocycles. The minimum absolute atomic E-state index is 0.0353. The molecule has 3 aromatic carbocycles. The van der Waals surface area contributed by atoms with Crippen molar-refractivity contribution >= 4 is 33.0 Å². The Kier molecular flexibility index (Phi) is 7.32. The largest absolute Gasteiger partial charge is 0.497 e. The number of sulfone groups is 1. The highest BCUT2D eigenvalue weighted by molar-refractivity contribution is 7.91. The zero-order valence-corrected chi connectivity index (χ0v) is 21.4. The van der Waals surface area contributed by atoms with Gasteiger partial charge in [-0.25, -0.2) is 13.1 Å². The lowest BCUT2D eigenvalue weighted by Crippen LogP contribution is -2.15. The van der Waals surface area contributed by atoms with E-state index < -0.39 is 15.7 Å². The Hall–Kier alpha value is -3.82. The summed E-state index contributed by atoms with van der Waals surface area (Å²) in [6.07, 6.45) is 1.63. The van der Waals surface area contributed by atoms with E-state index >= 15 is 0 Å². The molecule has 0 spiro atoms. The number of carbonyl (C=O) groups is 1. The van der Waals surface area contributed by atoms with Crippen LogP contribution >= 0.6 is 11.6 Å². The standard InChI is InChI=1S/C26H24ClN3O5S/c1-17-4-5-18(2)25(12-17)35-16-30-11-10-24(29-30)26(31)28-20-13-21(34-3)15-23(14-20)36(32,33)22-8-6-19(27)7-9-22/h4-15H,16H2,1-3H3,(H,28,31). The maximum Gasteiger partial charge on any atom is 0.276 e. The smallest absolute Gasteiger partial charge is 0.276 e. The van der Waals surface area contributed by atoms with Gasteiger partial charge in [0.15, 0.2) is 12.4 Å². The molecular formula is C26H24ClN3O5S. The van der Waals surface area contributed by atoms with Gasteiger partial charge in [-0.3, -0.25) is 4.79 Å². The number of rotatable bonds is 8. The Morgan fingerprint density at radius 2 is 1.75 bits per heavy atom. The van der Waals surface area contributed by atoms with Crippen LogP contribution in [0.4, 0.5) is 5.69 Å². The lowest BCUT2D eigenvalue weighted by molar-refractivity contribution is 0.102. The third-order valence-electron chi connectivity index (χ3n) is 5.38. The fraction of sp³-hybridized carbons (Fsp3) is 0.154. The number of nitrogens with one attached hydrogen (secondary N) is 1. The van der Waals surface area contributed by atoms with Crippen molar-refractivity contribution in [2.24, 2.45) is 0 Å². The number of aromatic nitrogens is 2. The Morgan fingerprint density at radius 3 is 2.47 bits per heavy atom. The molecule has 1 aromatic heterocycles. The van der Waals surface area contributed by atoms with E-state index in [4.69, 9.17) is 21.1 Å². The Balaban J connectivity index is 1.51. The third kappa shape index (κ3) is 5.69. The molecule has 1 N–H and O–H groups in total. The number of nitrogens with zero attached hydrogens (tertiary/aromatic N) is 2. The first-order valence-electron chi connectivity index (χ1n) is 10.9. The zero-order valence-electron chi connectivity index (χ0n) is 19.9. The summed E-state index contributed by atoms with van der Waals surface area (Å²) in [7, 11) is -2.46. The SMILES string of the molecule is COc1cc(NC(=O)c2ccn(COc3cc(C)ccc3C)n2)cc(S(=O)(=O)c2ccc(Cl)cc2)c1. The second-order valence-electron chi connectivity index (χ2n) is 8.09. The van der Waals surface area contributed by atoms with Crippen molar-refractivity contribution in [1.82, 2.24) is 9.78 Å². The molecule has 186 valence electrons. The van der Waals surface area contributed by atoms with E-state index in [0.29, 0.717) is 5.02 Å². The van der Waals surface area contributed by atoms with Gasteiger partial charge in [-0.1, -0.05) is 23.7 Å². The summed E-state index contributed by atoms with van der Waals surface area (Å²) < 4.78 is 38.8. The quantitative estimate of drug-likeness (QED) is 0.336. The molecule has 1 amide bonds. The molecule has 1 heterocycles. The molecule has 0 unspecified atom stereocenters. The molecule has 0 aliphatic rings. The van der Waals surface area contributed by atoms with Crippen LogP contribution in [0.1, 0.15) is 21.6 Å². The second kappa shape index (κ2) is 10.4. The van der Waals surface area contributed by atoms with Crippen LogP contribution < -0.4 is 14.8 Å². The summed E-state index contributed by atoms with van der Waals surface area (Å²) in [6.45, 7) is 4.06. The monoisotopic (exact) mass is 525 g/mol. The number of aryl methyl sites for hydroxylation is 2. The van der Waals surface area contributed by atoms with Crippen LogP contribution in [0, 0.1) is 13.8 Å². The highest BCUT2D eigenvalue weighted by atomic mass is 35.5. The predicted octanol–water partition coefficient (Wildman–Crippen LogP) is 5.28. The topological polar surface area (TPSA) is 99.5 Å². The van der Waals surface area contributed by atoms with Gasteiger partial charge in [0, 0.05) is 23.0 Å². The van der Waals surface area contributed by atoms with Crippen LogP contribution in [0.25, 0.3) is 0 Å². The molecule has 0 bridgehead atoms. The molecule has 4 rings (SSSR count). The summed E-state index contributed by atoms with van der Waals surface area (Å²) >= 11 is 5.88. The van der Waals surface area contributed by atoms with Crippen LogP contribution in [0.15, 0.2) is 82.7 Å². The molecular weight excluding hydrogens is 502 g/mol. The molecule has 0 aliphatic carbocycles. The minimum atomic E-state index is -3.87. The maximum atomic E-state index is 13.1. The first kappa shape index (κ1) is 25.3. The third-order valence-corrected chi connectivity index (χ3v) is 7.38. The summed E-state index contributed by atoms with van der Waals surface area (Å²) in [5.41, 5.74) is 2.46. The number of anilines is 1. The van der Waals surface area contributed by atoms with Crippen molar-refractivity contribution in [2.75, 3.05) is 12.4 Å². The van der Waals surface area contributed by atoms with Crippen LogP contribution in [0.3, 0.4) is 0 Å². The van der Waals surface area contributed by atoms with Gasteiger partial charge in [-0.2, -0.15) is 5.10 Å². The molecule has 0 saturated carbocycles. The van der Waals surface area contributed by atoms with Gasteiger partial charge < -0.3 is 14.8 Å². The first-order valence-corrected chi connectivity index (χ1v) is 12.8. The normalized spacial score (nSPS) is 11.2. The number of halogens is 1. The van der Waals surface area contributed by atoms with E-state index in [0.717, 1.165) is 16.9 Å². The minimum Gasteiger partial charge on any atom is -0.497 e. The Morgan fingerprint density at radius 1 is 1.00 bits per heavy atom. The predicted molar refractivity (Wildman–Crippen MR) is 137 cm³/mol. The Labute approximate surface area is 214 Å². The van der Waals surface area contributed by atoms with Gasteiger partial charge in [0.2, 0.25) is 9.84 Å². The van der Waals surface area contributed by atoms with Crippen LogP contribution in [-0.2, 0) is 16.6 Å². The van der Waals surface area contributed by atoms with Crippen molar-refractivity contribution in [3.05, 3.63) is 94.8 Å². The molecule has 0 atom stereocenters. The average molecular weight is 526 g/mol. The number of carbonyl (C=O) groups excluding carboxylic acids is 1. The van der Waals surface area contributed by atoms with Crippen molar-refractivity contribution in [3.63, 3.8) is 0 Å². The first-order chi connectivity index (χ1) is 17.2. The lowest BCUT2D eigenvalue weighted by Gasteiger charge is -2.11. The highest BCUT2D eigenvalue weighted by Crippen LogP contribution is 2.29. The molecule has 36 heavy (non-hydrogen) atoms. The van der Waals surface area contributed by atoms with E-state index in [2.05, 4.69) is 10.4 Å². The number of benzene rings is 3. The fourth-order valence-electron chi connectivity index (χ4n) is 3.42. The lowest BCUT2D eigenvalue weighted by atomic mass is 10.1. The van der Waals surface area contributed by atoms with E-state index in [1.165, 1.54) is 54.3 Å². The van der Waals surface area contributed by atoms with E-state index in [1.54, 1.807) is 12.3 Å². The Bertz CT molecular complexity index is 1520. The van der Waals surface area contributed by atoms with Gasteiger partial charge in [-0.15, -0.1) is 0 Å². The molecule has 10 heteroatoms.